The molecule has 1 atom stereocenters. The summed E-state index contributed by atoms with van der Waals surface area (Å²) >= 11 is 7.87. The summed E-state index contributed by atoms with van der Waals surface area (Å²) in [6.45, 7) is 6.20. The molecule has 1 amide bonds. The third-order valence-corrected chi connectivity index (χ3v) is 7.86. The third-order valence-electron chi connectivity index (χ3n) is 6.81. The molecule has 0 radical (unpaired) electrons. The molecule has 0 spiro atoms. The van der Waals surface area contributed by atoms with Gasteiger partial charge in [-0.15, -0.1) is 11.3 Å². The molecule has 0 saturated carbocycles. The number of rotatable bonds is 6. The zero-order valence-corrected chi connectivity index (χ0v) is 22.4. The Labute approximate surface area is 221 Å². The molecule has 0 N–H and O–H groups in total. The summed E-state index contributed by atoms with van der Waals surface area (Å²) in [6, 6.07) is 12.0. The first-order valence-corrected chi connectivity index (χ1v) is 13.8. The lowest BCUT2D eigenvalue weighted by molar-refractivity contribution is -0.131. The second kappa shape index (κ2) is 11.2. The topological polar surface area (TPSA) is 54.9 Å². The van der Waals surface area contributed by atoms with Crippen molar-refractivity contribution in [3.05, 3.63) is 63.1 Å². The SMILES string of the molecule is Cc1nc(CC(=O)N2CCOc3c(cc(-c4cccc(Cl)c4)cc3OC[C@H]3CCCN(C)C3)C2)cs1. The number of hydrogen-bond donors (Lipinski definition) is 0. The van der Waals surface area contributed by atoms with E-state index >= 15 is 0 Å². The van der Waals surface area contributed by atoms with Crippen molar-refractivity contribution < 1.29 is 14.3 Å². The molecule has 2 aromatic carbocycles. The van der Waals surface area contributed by atoms with Crippen molar-refractivity contribution in [2.24, 2.45) is 5.92 Å². The van der Waals surface area contributed by atoms with Gasteiger partial charge in [0.25, 0.3) is 0 Å². The number of aryl methyl sites for hydroxylation is 1. The van der Waals surface area contributed by atoms with E-state index in [0.717, 1.165) is 52.0 Å². The number of likely N-dealkylation sites (tertiary alicyclic amines) is 1. The van der Waals surface area contributed by atoms with Crippen molar-refractivity contribution in [3.8, 4) is 22.6 Å². The first-order valence-electron chi connectivity index (χ1n) is 12.5. The molecular formula is C28H32ClN3O3S. The van der Waals surface area contributed by atoms with Crippen LogP contribution in [0, 0.1) is 12.8 Å². The molecule has 1 saturated heterocycles. The van der Waals surface area contributed by atoms with E-state index in [2.05, 4.69) is 23.0 Å². The maximum Gasteiger partial charge on any atom is 0.229 e. The third kappa shape index (κ3) is 6.02. The number of hydrogen-bond acceptors (Lipinski definition) is 6. The summed E-state index contributed by atoms with van der Waals surface area (Å²) in [6.07, 6.45) is 2.66. The molecule has 3 aromatic rings. The second-order valence-corrected chi connectivity index (χ2v) is 11.3. The van der Waals surface area contributed by atoms with E-state index in [1.807, 2.05) is 47.5 Å². The Balaban J connectivity index is 1.43. The lowest BCUT2D eigenvalue weighted by Crippen LogP contribution is -2.34. The quantitative estimate of drug-likeness (QED) is 0.428. The molecule has 3 heterocycles. The number of halogens is 1. The van der Waals surface area contributed by atoms with E-state index in [4.69, 9.17) is 21.1 Å². The number of carbonyl (C=O) groups is 1. The predicted octanol–water partition coefficient (Wildman–Crippen LogP) is 5.46. The molecular weight excluding hydrogens is 494 g/mol. The van der Waals surface area contributed by atoms with E-state index < -0.39 is 0 Å². The maximum absolute atomic E-state index is 13.2. The highest BCUT2D eigenvalue weighted by molar-refractivity contribution is 7.09. The minimum absolute atomic E-state index is 0.0534. The number of aromatic nitrogens is 1. The van der Waals surface area contributed by atoms with E-state index in [0.29, 0.717) is 43.7 Å². The zero-order valence-electron chi connectivity index (χ0n) is 20.8. The first kappa shape index (κ1) is 25.1. The molecule has 8 heteroatoms. The van der Waals surface area contributed by atoms with Crippen molar-refractivity contribution in [3.63, 3.8) is 0 Å². The van der Waals surface area contributed by atoms with E-state index in [-0.39, 0.29) is 5.91 Å². The minimum Gasteiger partial charge on any atom is -0.489 e. The van der Waals surface area contributed by atoms with Crippen LogP contribution in [0.5, 0.6) is 11.5 Å². The number of piperidine rings is 1. The molecule has 2 aliphatic rings. The fraction of sp³-hybridized carbons (Fsp3) is 0.429. The number of ether oxygens (including phenoxy) is 2. The van der Waals surface area contributed by atoms with Gasteiger partial charge in [-0.3, -0.25) is 4.79 Å². The Hall–Kier alpha value is -2.61. The van der Waals surface area contributed by atoms with Crippen LogP contribution in [0.4, 0.5) is 0 Å². The van der Waals surface area contributed by atoms with Gasteiger partial charge in [-0.05, 0) is 68.8 Å². The van der Waals surface area contributed by atoms with Crippen LogP contribution < -0.4 is 9.47 Å². The van der Waals surface area contributed by atoms with Gasteiger partial charge in [0.05, 0.1) is 30.3 Å². The van der Waals surface area contributed by atoms with Crippen molar-refractivity contribution in [2.75, 3.05) is 39.9 Å². The van der Waals surface area contributed by atoms with Crippen LogP contribution in [0.25, 0.3) is 11.1 Å². The highest BCUT2D eigenvalue weighted by Gasteiger charge is 2.25. The highest BCUT2D eigenvalue weighted by Crippen LogP contribution is 2.39. The lowest BCUT2D eigenvalue weighted by atomic mass is 9.99. The Morgan fingerprint density at radius 2 is 2.14 bits per heavy atom. The number of amides is 1. The largest absolute Gasteiger partial charge is 0.489 e. The van der Waals surface area contributed by atoms with Gasteiger partial charge in [0, 0.05) is 35.0 Å². The Morgan fingerprint density at radius 3 is 2.92 bits per heavy atom. The summed E-state index contributed by atoms with van der Waals surface area (Å²) in [5.41, 5.74) is 3.78. The molecule has 0 aliphatic carbocycles. The molecule has 6 nitrogen and oxygen atoms in total. The average molecular weight is 526 g/mol. The fourth-order valence-electron chi connectivity index (χ4n) is 5.01. The molecule has 2 aliphatic heterocycles. The summed E-state index contributed by atoms with van der Waals surface area (Å²) in [7, 11) is 2.17. The Bertz CT molecular complexity index is 1230. The van der Waals surface area contributed by atoms with Crippen LogP contribution in [0.1, 0.15) is 29.1 Å². The highest BCUT2D eigenvalue weighted by atomic mass is 35.5. The van der Waals surface area contributed by atoms with Gasteiger partial charge < -0.3 is 19.3 Å². The molecule has 0 unspecified atom stereocenters. The molecule has 190 valence electrons. The summed E-state index contributed by atoms with van der Waals surface area (Å²) < 4.78 is 12.7. The standard InChI is InChI=1S/C28H32ClN3O3S/c1-19-30-25(18-36-19)14-27(33)32-9-10-34-28-23(16-32)11-22(21-6-3-7-24(29)12-21)13-26(28)35-17-20-5-4-8-31(2)15-20/h3,6-7,11-13,18,20H,4-5,8-10,14-17H2,1-2H3/t20-/m0/s1. The Kier molecular flexibility index (Phi) is 7.79. The molecule has 0 bridgehead atoms. The molecule has 36 heavy (non-hydrogen) atoms. The first-order chi connectivity index (χ1) is 17.4. The van der Waals surface area contributed by atoms with Crippen molar-refractivity contribution in [1.29, 1.82) is 0 Å². The molecule has 5 rings (SSSR count). The van der Waals surface area contributed by atoms with Crippen LogP contribution in [0.3, 0.4) is 0 Å². The summed E-state index contributed by atoms with van der Waals surface area (Å²) in [4.78, 5) is 21.9. The number of carbonyl (C=O) groups excluding carboxylic acids is 1. The van der Waals surface area contributed by atoms with Gasteiger partial charge >= 0.3 is 0 Å². The van der Waals surface area contributed by atoms with Crippen molar-refractivity contribution >= 4 is 28.8 Å². The van der Waals surface area contributed by atoms with Crippen LogP contribution in [0.2, 0.25) is 5.02 Å². The van der Waals surface area contributed by atoms with Crippen LogP contribution >= 0.6 is 22.9 Å². The number of nitrogens with zero attached hydrogens (tertiary/aromatic N) is 3. The number of fused-ring (bicyclic) bond motifs is 1. The molecule has 1 aromatic heterocycles. The summed E-state index contributed by atoms with van der Waals surface area (Å²) in [5.74, 6) is 2.02. The van der Waals surface area contributed by atoms with E-state index in [1.54, 1.807) is 11.3 Å². The second-order valence-electron chi connectivity index (χ2n) is 9.75. The summed E-state index contributed by atoms with van der Waals surface area (Å²) in [5, 5.41) is 3.61. The zero-order chi connectivity index (χ0) is 25.1. The van der Waals surface area contributed by atoms with Gasteiger partial charge in [-0.1, -0.05) is 23.7 Å². The number of thiazole rings is 1. The lowest BCUT2D eigenvalue weighted by Gasteiger charge is -2.29. The van der Waals surface area contributed by atoms with Crippen LogP contribution in [0.15, 0.2) is 41.8 Å². The van der Waals surface area contributed by atoms with Gasteiger partial charge in [0.2, 0.25) is 5.91 Å². The fourth-order valence-corrected chi connectivity index (χ4v) is 5.81. The monoisotopic (exact) mass is 525 g/mol. The van der Waals surface area contributed by atoms with Gasteiger partial charge in [-0.2, -0.15) is 0 Å². The molecule has 1 fully saturated rings. The number of benzene rings is 2. The van der Waals surface area contributed by atoms with Crippen molar-refractivity contribution in [2.45, 2.75) is 32.7 Å². The van der Waals surface area contributed by atoms with Gasteiger partial charge in [-0.25, -0.2) is 4.98 Å². The van der Waals surface area contributed by atoms with Crippen LogP contribution in [-0.2, 0) is 17.8 Å². The van der Waals surface area contributed by atoms with E-state index in [9.17, 15) is 4.79 Å². The normalized spacial score (nSPS) is 18.3. The van der Waals surface area contributed by atoms with E-state index in [1.165, 1.54) is 12.8 Å². The Morgan fingerprint density at radius 1 is 1.25 bits per heavy atom. The minimum atomic E-state index is 0.0534. The van der Waals surface area contributed by atoms with Gasteiger partial charge in [0.1, 0.15) is 6.61 Å². The smallest absolute Gasteiger partial charge is 0.229 e. The predicted molar refractivity (Wildman–Crippen MR) is 144 cm³/mol. The average Bonchev–Trinajstić information content (AvgIpc) is 3.14. The maximum atomic E-state index is 13.2. The van der Waals surface area contributed by atoms with Crippen molar-refractivity contribution in [1.82, 2.24) is 14.8 Å². The van der Waals surface area contributed by atoms with Crippen LogP contribution in [-0.4, -0.2) is 60.6 Å². The van der Waals surface area contributed by atoms with Gasteiger partial charge in [0.15, 0.2) is 11.5 Å².